The number of aliphatic imine (C=N–C) groups is 1. The van der Waals surface area contributed by atoms with Gasteiger partial charge in [-0.15, -0.1) is 0 Å². The van der Waals surface area contributed by atoms with Gasteiger partial charge in [-0.25, -0.2) is 4.98 Å². The lowest BCUT2D eigenvalue weighted by Gasteiger charge is -2.04. The molecule has 0 saturated carbocycles. The fourth-order valence-electron chi connectivity index (χ4n) is 0.747. The molecule has 1 aromatic rings. The van der Waals surface area contributed by atoms with Gasteiger partial charge >= 0.3 is 6.18 Å². The standard InChI is InChI=1S/C8H5F3N2S/c9-8(10,11)7-2-1-6(5-13-7)12-3-4-14/h1-5H. The number of hydrogen-bond donors (Lipinski definition) is 0. The maximum absolute atomic E-state index is 12.0. The molecule has 0 bridgehead atoms. The number of aromatic nitrogens is 1. The first-order valence-electron chi connectivity index (χ1n) is 3.55. The summed E-state index contributed by atoms with van der Waals surface area (Å²) in [6.07, 6.45) is -2.07. The smallest absolute Gasteiger partial charge is 0.254 e. The van der Waals surface area contributed by atoms with E-state index in [-0.39, 0.29) is 0 Å². The normalized spacial score (nSPS) is 11.9. The molecule has 0 aliphatic carbocycles. The Morgan fingerprint density at radius 2 is 2.07 bits per heavy atom. The molecule has 0 aliphatic rings. The maximum atomic E-state index is 12.0. The molecular weight excluding hydrogens is 213 g/mol. The van der Waals surface area contributed by atoms with Crippen LogP contribution in [0.1, 0.15) is 5.69 Å². The summed E-state index contributed by atoms with van der Waals surface area (Å²) < 4.78 is 36.1. The molecule has 0 atom stereocenters. The number of alkyl halides is 3. The van der Waals surface area contributed by atoms with Gasteiger partial charge in [-0.3, -0.25) is 4.99 Å². The molecule has 0 unspecified atom stereocenters. The SMILES string of the molecule is FC(F)(F)c1ccc(N=CC=S)cn1. The summed E-state index contributed by atoms with van der Waals surface area (Å²) in [7, 11) is 0. The Bertz CT molecular complexity index is 343. The van der Waals surface area contributed by atoms with Crippen LogP contribution in [0.3, 0.4) is 0 Å². The average molecular weight is 218 g/mol. The van der Waals surface area contributed by atoms with Crippen molar-refractivity contribution in [2.24, 2.45) is 4.99 Å². The van der Waals surface area contributed by atoms with Crippen molar-refractivity contribution in [2.75, 3.05) is 0 Å². The summed E-state index contributed by atoms with van der Waals surface area (Å²) in [6.45, 7) is 0. The summed E-state index contributed by atoms with van der Waals surface area (Å²) in [5.41, 5.74) is -0.599. The van der Waals surface area contributed by atoms with Crippen LogP contribution in [-0.2, 0) is 6.18 Å². The van der Waals surface area contributed by atoms with Crippen molar-refractivity contribution in [1.29, 1.82) is 0 Å². The molecule has 0 aliphatic heterocycles. The van der Waals surface area contributed by atoms with Crippen LogP contribution in [0, 0.1) is 0 Å². The van der Waals surface area contributed by atoms with Crippen LogP contribution in [-0.4, -0.2) is 16.6 Å². The van der Waals surface area contributed by atoms with E-state index in [0.29, 0.717) is 5.69 Å². The maximum Gasteiger partial charge on any atom is 0.433 e. The lowest BCUT2D eigenvalue weighted by molar-refractivity contribution is -0.141. The van der Waals surface area contributed by atoms with Gasteiger partial charge in [0.25, 0.3) is 0 Å². The van der Waals surface area contributed by atoms with Gasteiger partial charge in [-0.1, -0.05) is 12.2 Å². The minimum Gasteiger partial charge on any atom is -0.254 e. The Balaban J connectivity index is 2.89. The topological polar surface area (TPSA) is 25.2 Å². The second kappa shape index (κ2) is 4.28. The highest BCUT2D eigenvalue weighted by Crippen LogP contribution is 2.28. The molecule has 0 fully saturated rings. The van der Waals surface area contributed by atoms with Crippen molar-refractivity contribution in [3.05, 3.63) is 24.0 Å². The van der Waals surface area contributed by atoms with E-state index in [1.807, 2.05) is 0 Å². The Kier molecular flexibility index (Phi) is 3.29. The lowest BCUT2D eigenvalue weighted by atomic mass is 10.3. The van der Waals surface area contributed by atoms with Crippen LogP contribution >= 0.6 is 12.2 Å². The molecule has 1 heterocycles. The van der Waals surface area contributed by atoms with Gasteiger partial charge in [0.15, 0.2) is 0 Å². The molecule has 0 aromatic carbocycles. The molecule has 0 radical (unpaired) electrons. The van der Waals surface area contributed by atoms with E-state index in [9.17, 15) is 13.2 Å². The molecular formula is C8H5F3N2S. The first kappa shape index (κ1) is 10.8. The number of hydrogen-bond acceptors (Lipinski definition) is 3. The van der Waals surface area contributed by atoms with Crippen LogP contribution in [0.4, 0.5) is 18.9 Å². The zero-order valence-electron chi connectivity index (χ0n) is 6.82. The summed E-state index contributed by atoms with van der Waals surface area (Å²) in [5.74, 6) is 0. The van der Waals surface area contributed by atoms with Gasteiger partial charge in [0.05, 0.1) is 11.9 Å². The quantitative estimate of drug-likeness (QED) is 0.563. The highest BCUT2D eigenvalue weighted by atomic mass is 32.1. The van der Waals surface area contributed by atoms with Crippen LogP contribution < -0.4 is 0 Å². The van der Waals surface area contributed by atoms with Crippen molar-refractivity contribution < 1.29 is 13.2 Å². The van der Waals surface area contributed by atoms with Crippen LogP contribution in [0.25, 0.3) is 0 Å². The van der Waals surface area contributed by atoms with Gasteiger partial charge < -0.3 is 0 Å². The number of thiocarbonyl (C=S) groups is 1. The average Bonchev–Trinajstić information content (AvgIpc) is 2.14. The molecule has 1 aromatic heterocycles. The van der Waals surface area contributed by atoms with E-state index in [2.05, 4.69) is 22.2 Å². The van der Waals surface area contributed by atoms with Gasteiger partial charge in [-0.05, 0) is 12.1 Å². The Hall–Kier alpha value is -1.30. The molecule has 0 N–H and O–H groups in total. The second-order valence-electron chi connectivity index (χ2n) is 2.31. The molecule has 1 rings (SSSR count). The highest BCUT2D eigenvalue weighted by molar-refractivity contribution is 7.80. The van der Waals surface area contributed by atoms with Gasteiger partial charge in [0.1, 0.15) is 5.69 Å². The number of rotatable bonds is 2. The number of pyridine rings is 1. The predicted octanol–water partition coefficient (Wildman–Crippen LogP) is 2.80. The summed E-state index contributed by atoms with van der Waals surface area (Å²) >= 11 is 4.46. The molecule has 2 nitrogen and oxygen atoms in total. The van der Waals surface area contributed by atoms with Crippen LogP contribution in [0.15, 0.2) is 23.3 Å². The van der Waals surface area contributed by atoms with Crippen molar-refractivity contribution in [3.63, 3.8) is 0 Å². The van der Waals surface area contributed by atoms with E-state index in [4.69, 9.17) is 0 Å². The molecule has 14 heavy (non-hydrogen) atoms. The summed E-state index contributed by atoms with van der Waals surface area (Å²) in [6, 6.07) is 2.10. The van der Waals surface area contributed by atoms with Crippen molar-refractivity contribution in [3.8, 4) is 0 Å². The molecule has 0 spiro atoms. The van der Waals surface area contributed by atoms with Crippen molar-refractivity contribution in [2.45, 2.75) is 6.18 Å². The minimum absolute atomic E-state index is 0.333. The van der Waals surface area contributed by atoms with Crippen LogP contribution in [0.2, 0.25) is 0 Å². The third kappa shape index (κ3) is 2.88. The van der Waals surface area contributed by atoms with Gasteiger partial charge in [0, 0.05) is 11.6 Å². The fraction of sp³-hybridized carbons (Fsp3) is 0.125. The minimum atomic E-state index is -4.41. The summed E-state index contributed by atoms with van der Waals surface area (Å²) in [5, 5.41) is 1.26. The van der Waals surface area contributed by atoms with E-state index in [1.54, 1.807) is 0 Å². The van der Waals surface area contributed by atoms with Crippen molar-refractivity contribution >= 4 is 29.5 Å². The largest absolute Gasteiger partial charge is 0.433 e. The predicted molar refractivity (Wildman–Crippen MR) is 51.0 cm³/mol. The third-order valence-corrected chi connectivity index (χ3v) is 1.44. The third-order valence-electron chi connectivity index (χ3n) is 1.32. The van der Waals surface area contributed by atoms with E-state index >= 15 is 0 Å². The highest BCUT2D eigenvalue weighted by Gasteiger charge is 2.31. The van der Waals surface area contributed by atoms with Gasteiger partial charge in [0.2, 0.25) is 0 Å². The molecule has 0 amide bonds. The Morgan fingerprint density at radius 3 is 2.50 bits per heavy atom. The number of halogens is 3. The Labute approximate surface area is 83.5 Å². The zero-order chi connectivity index (χ0) is 10.6. The number of nitrogens with zero attached hydrogens (tertiary/aromatic N) is 2. The van der Waals surface area contributed by atoms with Crippen LogP contribution in [0.5, 0.6) is 0 Å². The lowest BCUT2D eigenvalue weighted by Crippen LogP contribution is -2.06. The first-order chi connectivity index (χ1) is 6.54. The molecule has 6 heteroatoms. The first-order valence-corrected chi connectivity index (χ1v) is 4.02. The van der Waals surface area contributed by atoms with E-state index in [0.717, 1.165) is 12.3 Å². The fourth-order valence-corrected chi connectivity index (χ4v) is 0.807. The second-order valence-corrected chi connectivity index (χ2v) is 2.59. The monoisotopic (exact) mass is 218 g/mol. The van der Waals surface area contributed by atoms with E-state index < -0.39 is 11.9 Å². The Morgan fingerprint density at radius 1 is 1.36 bits per heavy atom. The van der Waals surface area contributed by atoms with Gasteiger partial charge in [-0.2, -0.15) is 13.2 Å². The van der Waals surface area contributed by atoms with Crippen molar-refractivity contribution in [1.82, 2.24) is 4.98 Å². The zero-order valence-corrected chi connectivity index (χ0v) is 7.64. The molecule has 0 saturated heterocycles. The molecule has 74 valence electrons. The van der Waals surface area contributed by atoms with E-state index in [1.165, 1.54) is 17.6 Å². The summed E-state index contributed by atoms with van der Waals surface area (Å²) in [4.78, 5) is 6.95.